The Morgan fingerprint density at radius 2 is 2.09 bits per heavy atom. The van der Waals surface area contributed by atoms with Gasteiger partial charge in [-0.25, -0.2) is 9.37 Å². The third-order valence-electron chi connectivity index (χ3n) is 6.19. The van der Waals surface area contributed by atoms with Crippen molar-refractivity contribution in [3.63, 3.8) is 0 Å². The second-order valence-electron chi connectivity index (χ2n) is 8.67. The van der Waals surface area contributed by atoms with Gasteiger partial charge >= 0.3 is 0 Å². The minimum absolute atomic E-state index is 0.0334. The summed E-state index contributed by atoms with van der Waals surface area (Å²) >= 11 is 1.39. The number of nitrogens with one attached hydrogen (secondary N) is 1. The van der Waals surface area contributed by atoms with Gasteiger partial charge in [0.25, 0.3) is 5.91 Å². The van der Waals surface area contributed by atoms with Gasteiger partial charge in [-0.3, -0.25) is 9.59 Å². The van der Waals surface area contributed by atoms with Gasteiger partial charge in [-0.05, 0) is 60.2 Å². The number of rotatable bonds is 7. The summed E-state index contributed by atoms with van der Waals surface area (Å²) in [6, 6.07) is 12.2. The highest BCUT2D eigenvalue weighted by molar-refractivity contribution is 7.09. The van der Waals surface area contributed by atoms with E-state index >= 15 is 0 Å². The summed E-state index contributed by atoms with van der Waals surface area (Å²) in [5, 5.41) is 5.40. The molecular formula is C26H26FN3O3S. The molecule has 1 aromatic heterocycles. The Morgan fingerprint density at radius 1 is 1.24 bits per heavy atom. The van der Waals surface area contributed by atoms with Crippen LogP contribution in [0.3, 0.4) is 0 Å². The number of thiazole rings is 1. The number of carbonyl (C=O) groups is 2. The van der Waals surface area contributed by atoms with Gasteiger partial charge in [-0.15, -0.1) is 11.3 Å². The third kappa shape index (κ3) is 4.82. The Labute approximate surface area is 201 Å². The second kappa shape index (κ2) is 9.54. The average molecular weight is 480 g/mol. The molecule has 0 bridgehead atoms. The van der Waals surface area contributed by atoms with Crippen LogP contribution < -0.4 is 10.1 Å². The van der Waals surface area contributed by atoms with E-state index < -0.39 is 0 Å². The van der Waals surface area contributed by atoms with E-state index in [0.29, 0.717) is 29.4 Å². The fourth-order valence-corrected chi connectivity index (χ4v) is 4.99. The lowest BCUT2D eigenvalue weighted by atomic mass is 9.87. The zero-order chi connectivity index (χ0) is 23.7. The third-order valence-corrected chi connectivity index (χ3v) is 7.01. The molecule has 1 aliphatic heterocycles. The lowest BCUT2D eigenvalue weighted by Crippen LogP contribution is -2.40. The Morgan fingerprint density at radius 3 is 2.85 bits per heavy atom. The average Bonchev–Trinajstić information content (AvgIpc) is 3.53. The van der Waals surface area contributed by atoms with Gasteiger partial charge in [0.15, 0.2) is 0 Å². The van der Waals surface area contributed by atoms with Crippen LogP contribution in [0.4, 0.5) is 4.39 Å². The number of halogens is 1. The molecule has 0 unspecified atom stereocenters. The first-order valence-electron chi connectivity index (χ1n) is 11.6. The summed E-state index contributed by atoms with van der Waals surface area (Å²) in [7, 11) is 0. The molecule has 2 heterocycles. The Hall–Kier alpha value is -3.26. The molecule has 2 aliphatic rings. The van der Waals surface area contributed by atoms with Crippen molar-refractivity contribution in [1.29, 1.82) is 0 Å². The van der Waals surface area contributed by atoms with Crippen LogP contribution in [-0.2, 0) is 17.8 Å². The highest BCUT2D eigenvalue weighted by atomic mass is 32.1. The summed E-state index contributed by atoms with van der Waals surface area (Å²) in [6.45, 7) is 2.67. The molecule has 6 nitrogen and oxygen atoms in total. The molecule has 3 aromatic rings. The van der Waals surface area contributed by atoms with Crippen molar-refractivity contribution in [3.05, 3.63) is 81.1 Å². The number of amides is 2. The normalized spacial score (nSPS) is 17.2. The van der Waals surface area contributed by atoms with Gasteiger partial charge in [0.05, 0.1) is 6.04 Å². The van der Waals surface area contributed by atoms with Crippen molar-refractivity contribution >= 4 is 23.2 Å². The Bertz CT molecular complexity index is 1220. The molecule has 0 radical (unpaired) electrons. The van der Waals surface area contributed by atoms with Crippen molar-refractivity contribution < 1.29 is 18.7 Å². The first-order chi connectivity index (χ1) is 16.5. The molecule has 1 fully saturated rings. The standard InChI is InChI=1S/C26H26FN3O3S/c1-2-24(31)30-11-10-16-6-9-20(13-21(16)25(30)17-4-3-5-18(27)12-17)33-14-23-29-22(15-34-23)26(32)28-19-7-8-19/h3-6,9,12-13,15,19,25H,2,7-8,10-11,14H2,1H3,(H,28,32)/t25-/m1/s1. The van der Waals surface area contributed by atoms with E-state index in [0.717, 1.165) is 36.0 Å². The molecule has 8 heteroatoms. The van der Waals surface area contributed by atoms with Crippen LogP contribution in [0.5, 0.6) is 5.75 Å². The lowest BCUT2D eigenvalue weighted by molar-refractivity contribution is -0.132. The smallest absolute Gasteiger partial charge is 0.270 e. The topological polar surface area (TPSA) is 71.5 Å². The van der Waals surface area contributed by atoms with Crippen LogP contribution in [-0.4, -0.2) is 34.3 Å². The number of benzene rings is 2. The summed E-state index contributed by atoms with van der Waals surface area (Å²) < 4.78 is 20.1. The maximum atomic E-state index is 14.1. The van der Waals surface area contributed by atoms with Gasteiger partial charge in [-0.2, -0.15) is 0 Å². The maximum Gasteiger partial charge on any atom is 0.270 e. The molecule has 1 atom stereocenters. The molecule has 0 spiro atoms. The number of hydrogen-bond donors (Lipinski definition) is 1. The van der Waals surface area contributed by atoms with Crippen LogP contribution in [0.25, 0.3) is 0 Å². The Kier molecular flexibility index (Phi) is 6.32. The van der Waals surface area contributed by atoms with E-state index in [2.05, 4.69) is 10.3 Å². The van der Waals surface area contributed by atoms with E-state index in [1.807, 2.05) is 36.1 Å². The van der Waals surface area contributed by atoms with Gasteiger partial charge in [-0.1, -0.05) is 25.1 Å². The molecule has 5 rings (SSSR count). The minimum Gasteiger partial charge on any atom is -0.486 e. The number of carbonyl (C=O) groups excluding carboxylic acids is 2. The van der Waals surface area contributed by atoms with E-state index in [4.69, 9.17) is 4.74 Å². The van der Waals surface area contributed by atoms with Crippen LogP contribution in [0.15, 0.2) is 47.8 Å². The number of aromatic nitrogens is 1. The number of fused-ring (bicyclic) bond motifs is 1. The maximum absolute atomic E-state index is 14.1. The van der Waals surface area contributed by atoms with Gasteiger partial charge in [0.1, 0.15) is 28.9 Å². The number of ether oxygens (including phenoxy) is 1. The van der Waals surface area contributed by atoms with Crippen LogP contribution in [0, 0.1) is 5.82 Å². The van der Waals surface area contributed by atoms with Gasteiger partial charge in [0, 0.05) is 24.4 Å². The highest BCUT2D eigenvalue weighted by Crippen LogP contribution is 2.38. The zero-order valence-electron chi connectivity index (χ0n) is 18.9. The highest BCUT2D eigenvalue weighted by Gasteiger charge is 2.32. The molecule has 1 N–H and O–H groups in total. The summed E-state index contributed by atoms with van der Waals surface area (Å²) in [6.07, 6.45) is 3.18. The van der Waals surface area contributed by atoms with Gasteiger partial charge < -0.3 is 15.0 Å². The van der Waals surface area contributed by atoms with Crippen LogP contribution in [0.1, 0.15) is 64.4 Å². The van der Waals surface area contributed by atoms with Crippen molar-refractivity contribution in [3.8, 4) is 5.75 Å². The second-order valence-corrected chi connectivity index (χ2v) is 9.61. The fraction of sp³-hybridized carbons (Fsp3) is 0.346. The molecular weight excluding hydrogens is 453 g/mol. The predicted octanol–water partition coefficient (Wildman–Crippen LogP) is 4.64. The molecule has 0 saturated heterocycles. The summed E-state index contributed by atoms with van der Waals surface area (Å²) in [4.78, 5) is 31.1. The van der Waals surface area contributed by atoms with E-state index in [9.17, 15) is 14.0 Å². The quantitative estimate of drug-likeness (QED) is 0.536. The first kappa shape index (κ1) is 22.5. The first-order valence-corrected chi connectivity index (χ1v) is 12.5. The van der Waals surface area contributed by atoms with Crippen molar-refractivity contribution in [1.82, 2.24) is 15.2 Å². The number of nitrogens with zero attached hydrogens (tertiary/aromatic N) is 2. The van der Waals surface area contributed by atoms with Crippen molar-refractivity contribution in [2.45, 2.75) is 51.3 Å². The number of hydrogen-bond acceptors (Lipinski definition) is 5. The van der Waals surface area contributed by atoms with E-state index in [-0.39, 0.29) is 36.3 Å². The SMILES string of the molecule is CCC(=O)N1CCc2ccc(OCc3nc(C(=O)NC4CC4)cs3)cc2[C@H]1c1cccc(F)c1. The molecule has 2 amide bonds. The lowest BCUT2D eigenvalue weighted by Gasteiger charge is -2.38. The molecule has 176 valence electrons. The largest absolute Gasteiger partial charge is 0.486 e. The zero-order valence-corrected chi connectivity index (χ0v) is 19.7. The predicted molar refractivity (Wildman–Crippen MR) is 127 cm³/mol. The molecule has 34 heavy (non-hydrogen) atoms. The molecule has 1 aliphatic carbocycles. The van der Waals surface area contributed by atoms with Gasteiger partial charge in [0.2, 0.25) is 5.91 Å². The Balaban J connectivity index is 1.37. The minimum atomic E-state index is -0.368. The molecule has 2 aromatic carbocycles. The summed E-state index contributed by atoms with van der Waals surface area (Å²) in [5.74, 6) is 0.208. The fourth-order valence-electron chi connectivity index (χ4n) is 4.30. The summed E-state index contributed by atoms with van der Waals surface area (Å²) in [5.41, 5.74) is 3.22. The van der Waals surface area contributed by atoms with Crippen LogP contribution in [0.2, 0.25) is 0 Å². The van der Waals surface area contributed by atoms with Crippen molar-refractivity contribution in [2.24, 2.45) is 0 Å². The van der Waals surface area contributed by atoms with Crippen molar-refractivity contribution in [2.75, 3.05) is 6.54 Å². The van der Waals surface area contributed by atoms with E-state index in [1.54, 1.807) is 11.4 Å². The molecule has 1 saturated carbocycles. The monoisotopic (exact) mass is 479 g/mol. The van der Waals surface area contributed by atoms with E-state index in [1.165, 1.54) is 23.5 Å². The van der Waals surface area contributed by atoms with Crippen LogP contribution >= 0.6 is 11.3 Å².